The lowest BCUT2D eigenvalue weighted by Gasteiger charge is -2.19. The standard InChI is InChI=1S/C33H28N2O5/c1-20-10-12-22(13-11-20)30(36)19-40-33(39)27-18-29(34-28-9-5-4-6-24(27)28)21-14-16-23(17-15-21)35-31(37)25-7-2-3-8-26(25)32(35)38/h4-6,9-18,25-26H,2-3,7-8,19H2,1H3/t25-,26-/m1/s1. The second-order valence-electron chi connectivity index (χ2n) is 10.5. The Morgan fingerprint density at radius 1 is 0.875 bits per heavy atom. The molecule has 2 atom stereocenters. The zero-order chi connectivity index (χ0) is 27.8. The molecule has 3 aromatic carbocycles. The quantitative estimate of drug-likeness (QED) is 0.174. The smallest absolute Gasteiger partial charge is 0.339 e. The van der Waals surface area contributed by atoms with Crippen molar-refractivity contribution in [3.05, 3.63) is 95.6 Å². The molecule has 40 heavy (non-hydrogen) atoms. The van der Waals surface area contributed by atoms with E-state index in [-0.39, 0.29) is 36.0 Å². The number of anilines is 1. The van der Waals surface area contributed by atoms with Gasteiger partial charge in [-0.25, -0.2) is 9.78 Å². The topological polar surface area (TPSA) is 93.6 Å². The molecule has 2 heterocycles. The SMILES string of the molecule is Cc1ccc(C(=O)COC(=O)c2cc(-c3ccc(N4C(=O)[C@@H]5CCCC[C@H]5C4=O)cc3)nc3ccccc23)cc1. The van der Waals surface area contributed by atoms with Gasteiger partial charge in [0.25, 0.3) is 0 Å². The van der Waals surface area contributed by atoms with Crippen LogP contribution in [0.25, 0.3) is 22.2 Å². The number of carbonyl (C=O) groups is 4. The van der Waals surface area contributed by atoms with E-state index >= 15 is 0 Å². The van der Waals surface area contributed by atoms with Crippen LogP contribution in [0.5, 0.6) is 0 Å². The fourth-order valence-corrected chi connectivity index (χ4v) is 5.72. The molecular weight excluding hydrogens is 504 g/mol. The molecule has 1 aromatic heterocycles. The number of fused-ring (bicyclic) bond motifs is 2. The van der Waals surface area contributed by atoms with Gasteiger partial charge < -0.3 is 4.74 Å². The summed E-state index contributed by atoms with van der Waals surface area (Å²) in [4.78, 5) is 57.8. The van der Waals surface area contributed by atoms with Crippen LogP contribution in [0.4, 0.5) is 5.69 Å². The lowest BCUT2D eigenvalue weighted by Crippen LogP contribution is -2.30. The van der Waals surface area contributed by atoms with Crippen molar-refractivity contribution in [1.29, 1.82) is 0 Å². The van der Waals surface area contributed by atoms with Crippen molar-refractivity contribution >= 4 is 40.2 Å². The largest absolute Gasteiger partial charge is 0.454 e. The molecule has 2 aliphatic rings. The van der Waals surface area contributed by atoms with Gasteiger partial charge in [0.2, 0.25) is 11.8 Å². The first-order chi connectivity index (χ1) is 19.4. The molecule has 1 aliphatic carbocycles. The first-order valence-corrected chi connectivity index (χ1v) is 13.6. The molecule has 0 N–H and O–H groups in total. The number of imide groups is 1. The molecule has 7 heteroatoms. The second kappa shape index (κ2) is 10.5. The van der Waals surface area contributed by atoms with Crippen LogP contribution in [0, 0.1) is 18.8 Å². The number of carbonyl (C=O) groups excluding carboxylic acids is 4. The highest BCUT2D eigenvalue weighted by molar-refractivity contribution is 6.22. The van der Waals surface area contributed by atoms with Crippen LogP contribution >= 0.6 is 0 Å². The van der Waals surface area contributed by atoms with E-state index in [9.17, 15) is 19.2 Å². The van der Waals surface area contributed by atoms with Crippen molar-refractivity contribution in [2.24, 2.45) is 11.8 Å². The molecule has 0 spiro atoms. The number of aromatic nitrogens is 1. The highest BCUT2D eigenvalue weighted by atomic mass is 16.5. The molecule has 0 bridgehead atoms. The predicted molar refractivity (Wildman–Crippen MR) is 151 cm³/mol. The van der Waals surface area contributed by atoms with Crippen molar-refractivity contribution < 1.29 is 23.9 Å². The van der Waals surface area contributed by atoms with Gasteiger partial charge in [-0.05, 0) is 44.0 Å². The van der Waals surface area contributed by atoms with Crippen LogP contribution < -0.4 is 4.90 Å². The van der Waals surface area contributed by atoms with E-state index in [2.05, 4.69) is 0 Å². The molecule has 4 aromatic rings. The molecular formula is C33H28N2O5. The molecule has 1 saturated heterocycles. The number of para-hydroxylation sites is 1. The maximum atomic E-state index is 13.2. The van der Waals surface area contributed by atoms with Crippen molar-refractivity contribution in [1.82, 2.24) is 4.98 Å². The van der Waals surface area contributed by atoms with Crippen LogP contribution in [0.2, 0.25) is 0 Å². The molecule has 6 rings (SSSR count). The van der Waals surface area contributed by atoms with Gasteiger partial charge in [0.05, 0.1) is 34.3 Å². The zero-order valence-corrected chi connectivity index (χ0v) is 22.1. The van der Waals surface area contributed by atoms with E-state index in [1.54, 1.807) is 48.5 Å². The molecule has 1 aliphatic heterocycles. The Morgan fingerprint density at radius 3 is 2.20 bits per heavy atom. The van der Waals surface area contributed by atoms with Gasteiger partial charge in [0.15, 0.2) is 12.4 Å². The third-order valence-electron chi connectivity index (χ3n) is 7.91. The molecule has 2 amide bonds. The molecule has 200 valence electrons. The summed E-state index contributed by atoms with van der Waals surface area (Å²) in [5, 5.41) is 0.617. The number of esters is 1. The summed E-state index contributed by atoms with van der Waals surface area (Å²) >= 11 is 0. The number of rotatable bonds is 6. The highest BCUT2D eigenvalue weighted by Gasteiger charge is 2.48. The van der Waals surface area contributed by atoms with Gasteiger partial charge in [-0.1, -0.05) is 73.0 Å². The number of amides is 2. The highest BCUT2D eigenvalue weighted by Crippen LogP contribution is 2.40. The van der Waals surface area contributed by atoms with Crippen LogP contribution in [-0.2, 0) is 14.3 Å². The Labute approximate surface area is 231 Å². The second-order valence-corrected chi connectivity index (χ2v) is 10.5. The van der Waals surface area contributed by atoms with E-state index in [1.165, 1.54) is 4.90 Å². The fraction of sp³-hybridized carbons (Fsp3) is 0.242. The van der Waals surface area contributed by atoms with Gasteiger partial charge in [-0.15, -0.1) is 0 Å². The monoisotopic (exact) mass is 532 g/mol. The Kier molecular flexibility index (Phi) is 6.72. The Hall–Kier alpha value is -4.65. The summed E-state index contributed by atoms with van der Waals surface area (Å²) in [6.07, 6.45) is 3.48. The molecule has 1 saturated carbocycles. The molecule has 0 radical (unpaired) electrons. The third-order valence-corrected chi connectivity index (χ3v) is 7.91. The van der Waals surface area contributed by atoms with Gasteiger partial charge >= 0.3 is 5.97 Å². The third kappa shape index (κ3) is 4.68. The summed E-state index contributed by atoms with van der Waals surface area (Å²) in [5.74, 6) is -1.56. The summed E-state index contributed by atoms with van der Waals surface area (Å²) in [5.41, 5.74) is 4.22. The van der Waals surface area contributed by atoms with E-state index < -0.39 is 5.97 Å². The maximum absolute atomic E-state index is 13.2. The van der Waals surface area contributed by atoms with Gasteiger partial charge in [0, 0.05) is 16.5 Å². The van der Waals surface area contributed by atoms with Gasteiger partial charge in [-0.2, -0.15) is 0 Å². The number of nitrogens with zero attached hydrogens (tertiary/aromatic N) is 2. The minimum absolute atomic E-state index is 0.114. The Morgan fingerprint density at radius 2 is 1.52 bits per heavy atom. The number of benzene rings is 3. The number of hydrogen-bond acceptors (Lipinski definition) is 6. The normalized spacial score (nSPS) is 18.6. The summed E-state index contributed by atoms with van der Waals surface area (Å²) in [6.45, 7) is 1.56. The number of pyridine rings is 1. The average Bonchev–Trinajstić information content (AvgIpc) is 3.25. The molecule has 2 fully saturated rings. The number of hydrogen-bond donors (Lipinski definition) is 0. The van der Waals surface area contributed by atoms with Crippen LogP contribution in [0.3, 0.4) is 0 Å². The summed E-state index contributed by atoms with van der Waals surface area (Å²) < 4.78 is 5.43. The van der Waals surface area contributed by atoms with Crippen molar-refractivity contribution in [2.45, 2.75) is 32.6 Å². The first-order valence-electron chi connectivity index (χ1n) is 13.6. The Balaban J connectivity index is 1.26. The van der Waals surface area contributed by atoms with Crippen molar-refractivity contribution in [2.75, 3.05) is 11.5 Å². The first kappa shape index (κ1) is 25.6. The van der Waals surface area contributed by atoms with E-state index in [0.717, 1.165) is 36.8 Å². The minimum atomic E-state index is -0.618. The minimum Gasteiger partial charge on any atom is -0.454 e. The predicted octanol–water partition coefficient (Wildman–Crippen LogP) is 5.93. The number of Topliss-reactive ketones (excluding diaryl/α,β-unsaturated/α-hetero) is 1. The van der Waals surface area contributed by atoms with Crippen molar-refractivity contribution in [3.8, 4) is 11.3 Å². The number of ketones is 1. The number of aryl methyl sites for hydroxylation is 1. The van der Waals surface area contributed by atoms with Crippen LogP contribution in [-0.4, -0.2) is 35.2 Å². The number of ether oxygens (including phenoxy) is 1. The van der Waals surface area contributed by atoms with Crippen molar-refractivity contribution in [3.63, 3.8) is 0 Å². The molecule has 7 nitrogen and oxygen atoms in total. The van der Waals surface area contributed by atoms with E-state index in [1.807, 2.05) is 37.3 Å². The average molecular weight is 533 g/mol. The lowest BCUT2D eigenvalue weighted by atomic mass is 9.81. The van der Waals surface area contributed by atoms with Crippen LogP contribution in [0.1, 0.15) is 52.0 Å². The Bertz CT molecular complexity index is 1620. The van der Waals surface area contributed by atoms with Gasteiger partial charge in [0.1, 0.15) is 0 Å². The van der Waals surface area contributed by atoms with E-state index in [0.29, 0.717) is 33.4 Å². The molecule has 0 unspecified atom stereocenters. The summed E-state index contributed by atoms with van der Waals surface area (Å²) in [7, 11) is 0. The fourth-order valence-electron chi connectivity index (χ4n) is 5.72. The lowest BCUT2D eigenvalue weighted by molar-refractivity contribution is -0.122. The van der Waals surface area contributed by atoms with Crippen LogP contribution in [0.15, 0.2) is 78.9 Å². The summed E-state index contributed by atoms with van der Waals surface area (Å²) in [6, 6.07) is 23.1. The maximum Gasteiger partial charge on any atom is 0.339 e. The zero-order valence-electron chi connectivity index (χ0n) is 22.1. The van der Waals surface area contributed by atoms with Gasteiger partial charge in [-0.3, -0.25) is 19.3 Å². The van der Waals surface area contributed by atoms with E-state index in [4.69, 9.17) is 9.72 Å².